The number of hydrogen-bond acceptors (Lipinski definition) is 4. The van der Waals surface area contributed by atoms with Crippen molar-refractivity contribution in [2.75, 3.05) is 5.32 Å². The average molecular weight is 337 g/mol. The van der Waals surface area contributed by atoms with Crippen molar-refractivity contribution in [3.05, 3.63) is 70.7 Å². The van der Waals surface area contributed by atoms with E-state index in [0.29, 0.717) is 30.8 Å². The van der Waals surface area contributed by atoms with Crippen molar-refractivity contribution < 1.29 is 9.21 Å². The Morgan fingerprint density at radius 1 is 1.16 bits per heavy atom. The van der Waals surface area contributed by atoms with Crippen molar-refractivity contribution in [2.45, 2.75) is 26.3 Å². The van der Waals surface area contributed by atoms with Crippen molar-refractivity contribution in [1.82, 2.24) is 9.78 Å². The Bertz CT molecular complexity index is 896. The first-order chi connectivity index (χ1) is 12.1. The van der Waals surface area contributed by atoms with Crippen LogP contribution in [0.5, 0.6) is 0 Å². The molecule has 25 heavy (non-hydrogen) atoms. The van der Waals surface area contributed by atoms with E-state index in [1.807, 2.05) is 31.2 Å². The van der Waals surface area contributed by atoms with Crippen LogP contribution in [-0.4, -0.2) is 15.7 Å². The van der Waals surface area contributed by atoms with E-state index in [0.717, 1.165) is 11.3 Å². The van der Waals surface area contributed by atoms with Gasteiger partial charge in [-0.3, -0.25) is 9.59 Å². The first-order valence-corrected chi connectivity index (χ1v) is 8.10. The van der Waals surface area contributed by atoms with Crippen molar-refractivity contribution >= 4 is 11.6 Å². The predicted molar refractivity (Wildman–Crippen MR) is 95.2 cm³/mol. The summed E-state index contributed by atoms with van der Waals surface area (Å²) in [7, 11) is 0. The number of nitrogens with one attached hydrogen (secondary N) is 1. The number of nitrogens with zero attached hydrogens (tertiary/aromatic N) is 2. The van der Waals surface area contributed by atoms with E-state index in [-0.39, 0.29) is 11.5 Å². The van der Waals surface area contributed by atoms with Gasteiger partial charge in [-0.15, -0.1) is 0 Å². The van der Waals surface area contributed by atoms with E-state index >= 15 is 0 Å². The number of carbonyl (C=O) groups excluding carboxylic acids is 1. The maximum absolute atomic E-state index is 12.0. The third kappa shape index (κ3) is 4.44. The van der Waals surface area contributed by atoms with E-state index in [2.05, 4.69) is 10.4 Å². The van der Waals surface area contributed by atoms with E-state index in [1.54, 1.807) is 24.5 Å². The highest BCUT2D eigenvalue weighted by Gasteiger charge is 2.07. The van der Waals surface area contributed by atoms with Crippen LogP contribution in [0.2, 0.25) is 0 Å². The molecule has 0 unspecified atom stereocenters. The predicted octanol–water partition coefficient (Wildman–Crippen LogP) is 3.23. The summed E-state index contributed by atoms with van der Waals surface area (Å²) in [5.41, 5.74) is 2.30. The van der Waals surface area contributed by atoms with Crippen LogP contribution in [-0.2, 0) is 11.3 Å². The van der Waals surface area contributed by atoms with Crippen LogP contribution in [0.4, 0.5) is 5.69 Å². The lowest BCUT2D eigenvalue weighted by Crippen LogP contribution is -2.23. The van der Waals surface area contributed by atoms with Crippen LogP contribution >= 0.6 is 0 Å². The Balaban J connectivity index is 1.56. The maximum Gasteiger partial charge on any atom is 0.266 e. The van der Waals surface area contributed by atoms with Gasteiger partial charge in [-0.25, -0.2) is 4.68 Å². The van der Waals surface area contributed by atoms with E-state index in [9.17, 15) is 9.59 Å². The van der Waals surface area contributed by atoms with Crippen LogP contribution in [0.1, 0.15) is 18.4 Å². The molecule has 0 aliphatic rings. The molecule has 6 nitrogen and oxygen atoms in total. The van der Waals surface area contributed by atoms with E-state index < -0.39 is 0 Å². The van der Waals surface area contributed by atoms with Gasteiger partial charge in [0.05, 0.1) is 6.26 Å². The average Bonchev–Trinajstić information content (AvgIpc) is 3.13. The van der Waals surface area contributed by atoms with Crippen molar-refractivity contribution in [3.8, 4) is 11.5 Å². The molecule has 2 aromatic heterocycles. The first-order valence-electron chi connectivity index (χ1n) is 8.10. The molecule has 0 bridgehead atoms. The fourth-order valence-electron chi connectivity index (χ4n) is 2.41. The Labute approximate surface area is 145 Å². The second kappa shape index (κ2) is 7.61. The van der Waals surface area contributed by atoms with Gasteiger partial charge in [0, 0.05) is 24.7 Å². The molecule has 1 N–H and O–H groups in total. The fourth-order valence-corrected chi connectivity index (χ4v) is 2.41. The van der Waals surface area contributed by atoms with Gasteiger partial charge in [-0.05, 0) is 43.7 Å². The summed E-state index contributed by atoms with van der Waals surface area (Å²) >= 11 is 0. The number of rotatable bonds is 6. The van der Waals surface area contributed by atoms with Crippen LogP contribution < -0.4 is 10.9 Å². The number of amides is 1. The number of hydrogen-bond donors (Lipinski definition) is 1. The largest absolute Gasteiger partial charge is 0.463 e. The topological polar surface area (TPSA) is 77.1 Å². The Kier molecular flexibility index (Phi) is 5.09. The first kappa shape index (κ1) is 16.7. The molecule has 0 aliphatic carbocycles. The monoisotopic (exact) mass is 337 g/mol. The summed E-state index contributed by atoms with van der Waals surface area (Å²) in [6.45, 7) is 2.36. The molecule has 0 fully saturated rings. The van der Waals surface area contributed by atoms with E-state index in [1.165, 1.54) is 10.7 Å². The minimum atomic E-state index is -0.200. The molecule has 6 heteroatoms. The second-order valence-corrected chi connectivity index (χ2v) is 5.78. The second-order valence-electron chi connectivity index (χ2n) is 5.78. The molecule has 1 amide bonds. The van der Waals surface area contributed by atoms with Crippen molar-refractivity contribution in [1.29, 1.82) is 0 Å². The highest BCUT2D eigenvalue weighted by molar-refractivity contribution is 5.90. The molecule has 0 saturated heterocycles. The summed E-state index contributed by atoms with van der Waals surface area (Å²) in [6.07, 6.45) is 2.39. The van der Waals surface area contributed by atoms with Gasteiger partial charge in [0.25, 0.3) is 5.56 Å². The highest BCUT2D eigenvalue weighted by Crippen LogP contribution is 2.15. The highest BCUT2D eigenvalue weighted by atomic mass is 16.3. The Morgan fingerprint density at radius 2 is 1.96 bits per heavy atom. The molecule has 2 heterocycles. The van der Waals surface area contributed by atoms with Crippen molar-refractivity contribution in [3.63, 3.8) is 0 Å². The number of benzene rings is 1. The molecule has 0 saturated carbocycles. The standard InChI is InChI=1S/C19H19N3O3/c1-14-6-8-15(9-7-14)20-18(23)5-2-12-22-19(24)11-10-16(21-22)17-4-3-13-25-17/h3-4,6-11,13H,2,5,12H2,1H3,(H,20,23). The Hall–Kier alpha value is -3.15. The van der Waals surface area contributed by atoms with Gasteiger partial charge >= 0.3 is 0 Å². The molecule has 0 spiro atoms. The van der Waals surface area contributed by atoms with Crippen LogP contribution in [0.3, 0.4) is 0 Å². The molecule has 3 rings (SSSR count). The maximum atomic E-state index is 12.0. The lowest BCUT2D eigenvalue weighted by atomic mass is 10.2. The van der Waals surface area contributed by atoms with Gasteiger partial charge < -0.3 is 9.73 Å². The Morgan fingerprint density at radius 3 is 2.68 bits per heavy atom. The lowest BCUT2D eigenvalue weighted by Gasteiger charge is -2.07. The van der Waals surface area contributed by atoms with Gasteiger partial charge in [-0.2, -0.15) is 5.10 Å². The smallest absolute Gasteiger partial charge is 0.266 e. The minimum absolute atomic E-state index is 0.0842. The van der Waals surface area contributed by atoms with E-state index in [4.69, 9.17) is 4.42 Å². The summed E-state index contributed by atoms with van der Waals surface area (Å²) in [6, 6.07) is 14.3. The summed E-state index contributed by atoms with van der Waals surface area (Å²) in [5, 5.41) is 7.13. The summed E-state index contributed by atoms with van der Waals surface area (Å²) in [4.78, 5) is 23.9. The fraction of sp³-hybridized carbons (Fsp3) is 0.211. The van der Waals surface area contributed by atoms with Gasteiger partial charge in [0.1, 0.15) is 5.69 Å². The van der Waals surface area contributed by atoms with Crippen LogP contribution in [0, 0.1) is 6.92 Å². The number of furan rings is 1. The quantitative estimate of drug-likeness (QED) is 0.749. The molecular weight excluding hydrogens is 318 g/mol. The van der Waals surface area contributed by atoms with Gasteiger partial charge in [-0.1, -0.05) is 17.7 Å². The molecule has 1 aromatic carbocycles. The SMILES string of the molecule is Cc1ccc(NC(=O)CCCn2nc(-c3ccco3)ccc2=O)cc1. The number of carbonyl (C=O) groups is 1. The molecule has 3 aromatic rings. The summed E-state index contributed by atoms with van der Waals surface area (Å²) < 4.78 is 6.65. The van der Waals surface area contributed by atoms with Crippen LogP contribution in [0.25, 0.3) is 11.5 Å². The zero-order chi connectivity index (χ0) is 17.6. The zero-order valence-electron chi connectivity index (χ0n) is 13.9. The third-order valence-electron chi connectivity index (χ3n) is 3.75. The van der Waals surface area contributed by atoms with Crippen molar-refractivity contribution in [2.24, 2.45) is 0 Å². The summed E-state index contributed by atoms with van der Waals surface area (Å²) in [5.74, 6) is 0.518. The number of anilines is 1. The molecule has 128 valence electrons. The molecule has 0 atom stereocenters. The van der Waals surface area contributed by atoms with Crippen LogP contribution in [0.15, 0.2) is 64.0 Å². The van der Waals surface area contributed by atoms with Gasteiger partial charge in [0.2, 0.25) is 5.91 Å². The number of aryl methyl sites for hydroxylation is 2. The third-order valence-corrected chi connectivity index (χ3v) is 3.75. The molecular formula is C19H19N3O3. The lowest BCUT2D eigenvalue weighted by molar-refractivity contribution is -0.116. The van der Waals surface area contributed by atoms with Gasteiger partial charge in [0.15, 0.2) is 5.76 Å². The molecule has 0 aliphatic heterocycles. The minimum Gasteiger partial charge on any atom is -0.463 e. The zero-order valence-corrected chi connectivity index (χ0v) is 13.9. The number of aromatic nitrogens is 2. The normalized spacial score (nSPS) is 10.6. The molecule has 0 radical (unpaired) electrons.